The van der Waals surface area contributed by atoms with E-state index in [9.17, 15) is 17.6 Å². The minimum absolute atomic E-state index is 0.147. The van der Waals surface area contributed by atoms with E-state index in [-0.39, 0.29) is 12.1 Å². The Morgan fingerprint density at radius 1 is 1.33 bits per heavy atom. The summed E-state index contributed by atoms with van der Waals surface area (Å²) in [6.45, 7) is 2.64. The van der Waals surface area contributed by atoms with Crippen LogP contribution < -0.4 is 5.32 Å². The first kappa shape index (κ1) is 16.2. The van der Waals surface area contributed by atoms with Crippen LogP contribution in [0, 0.1) is 11.7 Å². The molecular weight excluding hydrogens is 284 g/mol. The number of nitrogens with zero attached hydrogens (tertiary/aromatic N) is 1. The van der Waals surface area contributed by atoms with Gasteiger partial charge in [0, 0.05) is 13.1 Å². The molecule has 1 fully saturated rings. The van der Waals surface area contributed by atoms with Crippen molar-refractivity contribution in [2.75, 3.05) is 26.7 Å². The van der Waals surface area contributed by atoms with Gasteiger partial charge in [-0.25, -0.2) is 4.39 Å². The highest BCUT2D eigenvalue weighted by molar-refractivity contribution is 5.30. The van der Waals surface area contributed by atoms with Gasteiger partial charge >= 0.3 is 6.18 Å². The summed E-state index contributed by atoms with van der Waals surface area (Å²) >= 11 is 0. The van der Waals surface area contributed by atoms with Crippen LogP contribution in [-0.2, 0) is 12.7 Å². The zero-order valence-corrected chi connectivity index (χ0v) is 12.0. The van der Waals surface area contributed by atoms with Gasteiger partial charge in [-0.05, 0) is 56.6 Å². The third-order valence-corrected chi connectivity index (χ3v) is 3.87. The van der Waals surface area contributed by atoms with E-state index in [0.29, 0.717) is 12.0 Å². The molecule has 2 rings (SSSR count). The molecule has 1 N–H and O–H groups in total. The second-order valence-corrected chi connectivity index (χ2v) is 5.60. The number of alkyl halides is 3. The molecule has 0 radical (unpaired) electrons. The van der Waals surface area contributed by atoms with E-state index in [4.69, 9.17) is 0 Å². The van der Waals surface area contributed by atoms with Gasteiger partial charge in [0.1, 0.15) is 5.82 Å². The molecule has 6 heteroatoms. The van der Waals surface area contributed by atoms with Gasteiger partial charge in [-0.3, -0.25) is 4.90 Å². The van der Waals surface area contributed by atoms with Gasteiger partial charge in [-0.15, -0.1) is 0 Å². The molecular formula is C15H20F4N2. The van der Waals surface area contributed by atoms with Gasteiger partial charge in [-0.1, -0.05) is 6.07 Å². The van der Waals surface area contributed by atoms with Gasteiger partial charge in [0.15, 0.2) is 0 Å². The second-order valence-electron chi connectivity index (χ2n) is 5.60. The van der Waals surface area contributed by atoms with E-state index in [1.807, 2.05) is 11.9 Å². The summed E-state index contributed by atoms with van der Waals surface area (Å²) in [5.74, 6) is -0.392. The second kappa shape index (κ2) is 6.75. The summed E-state index contributed by atoms with van der Waals surface area (Å²) in [7, 11) is 1.88. The third kappa shape index (κ3) is 4.41. The van der Waals surface area contributed by atoms with Crippen molar-refractivity contribution in [3.63, 3.8) is 0 Å². The summed E-state index contributed by atoms with van der Waals surface area (Å²) in [6, 6.07) is 2.93. The lowest BCUT2D eigenvalue weighted by molar-refractivity contribution is -0.138. The molecule has 0 aromatic heterocycles. The van der Waals surface area contributed by atoms with E-state index >= 15 is 0 Å². The molecule has 0 saturated carbocycles. The molecule has 0 amide bonds. The highest BCUT2D eigenvalue weighted by Gasteiger charge is 2.34. The van der Waals surface area contributed by atoms with Crippen LogP contribution in [0.5, 0.6) is 0 Å². The predicted molar refractivity (Wildman–Crippen MR) is 73.3 cm³/mol. The van der Waals surface area contributed by atoms with Crippen LogP contribution in [0.2, 0.25) is 0 Å². The summed E-state index contributed by atoms with van der Waals surface area (Å²) in [6.07, 6.45) is -2.45. The SMILES string of the molecule is CNCC1CCCN(Cc2ccc(F)cc2C(F)(F)F)C1. The fourth-order valence-electron chi connectivity index (χ4n) is 2.94. The van der Waals surface area contributed by atoms with Crippen LogP contribution in [-0.4, -0.2) is 31.6 Å². The number of rotatable bonds is 4. The summed E-state index contributed by atoms with van der Waals surface area (Å²) in [4.78, 5) is 2.02. The third-order valence-electron chi connectivity index (χ3n) is 3.87. The molecule has 1 aromatic carbocycles. The van der Waals surface area contributed by atoms with Crippen molar-refractivity contribution in [3.8, 4) is 0 Å². The van der Waals surface area contributed by atoms with Crippen LogP contribution in [0.3, 0.4) is 0 Å². The Labute approximate surface area is 122 Å². The molecule has 2 nitrogen and oxygen atoms in total. The Hall–Kier alpha value is -1.14. The van der Waals surface area contributed by atoms with Crippen molar-refractivity contribution in [1.29, 1.82) is 0 Å². The van der Waals surface area contributed by atoms with Gasteiger partial charge in [0.05, 0.1) is 5.56 Å². The van der Waals surface area contributed by atoms with E-state index in [2.05, 4.69) is 5.32 Å². The number of likely N-dealkylation sites (tertiary alicyclic amines) is 1. The van der Waals surface area contributed by atoms with Crippen molar-refractivity contribution in [2.24, 2.45) is 5.92 Å². The Bertz CT molecular complexity index is 471. The standard InChI is InChI=1S/C15H20F4N2/c1-20-8-11-3-2-6-21(9-11)10-12-4-5-13(16)7-14(12)15(17,18)19/h4-5,7,11,20H,2-3,6,8-10H2,1H3. The largest absolute Gasteiger partial charge is 0.416 e. The minimum Gasteiger partial charge on any atom is -0.319 e. The van der Waals surface area contributed by atoms with Crippen molar-refractivity contribution in [1.82, 2.24) is 10.2 Å². The Kier molecular flexibility index (Phi) is 5.22. The molecule has 0 bridgehead atoms. The Morgan fingerprint density at radius 3 is 2.76 bits per heavy atom. The number of nitrogens with one attached hydrogen (secondary N) is 1. The maximum absolute atomic E-state index is 13.1. The number of halogens is 4. The Morgan fingerprint density at radius 2 is 2.10 bits per heavy atom. The molecule has 1 aliphatic rings. The minimum atomic E-state index is -4.52. The maximum atomic E-state index is 13.1. The van der Waals surface area contributed by atoms with Gasteiger partial charge in [-0.2, -0.15) is 13.2 Å². The smallest absolute Gasteiger partial charge is 0.319 e. The van der Waals surface area contributed by atoms with Crippen molar-refractivity contribution in [3.05, 3.63) is 35.1 Å². The molecule has 1 heterocycles. The maximum Gasteiger partial charge on any atom is 0.416 e. The molecule has 1 atom stereocenters. The molecule has 21 heavy (non-hydrogen) atoms. The average molecular weight is 304 g/mol. The molecule has 1 aromatic rings. The first-order chi connectivity index (χ1) is 9.90. The lowest BCUT2D eigenvalue weighted by Gasteiger charge is -2.33. The van der Waals surface area contributed by atoms with Crippen LogP contribution in [0.4, 0.5) is 17.6 Å². The van der Waals surface area contributed by atoms with Gasteiger partial charge in [0.25, 0.3) is 0 Å². The number of benzene rings is 1. The highest BCUT2D eigenvalue weighted by Crippen LogP contribution is 2.33. The van der Waals surface area contributed by atoms with Crippen molar-refractivity contribution < 1.29 is 17.6 Å². The van der Waals surface area contributed by atoms with Gasteiger partial charge in [0.2, 0.25) is 0 Å². The summed E-state index contributed by atoms with van der Waals surface area (Å²) < 4.78 is 52.1. The fourth-order valence-corrected chi connectivity index (χ4v) is 2.94. The van der Waals surface area contributed by atoms with E-state index in [1.165, 1.54) is 6.07 Å². The van der Waals surface area contributed by atoms with Crippen LogP contribution in [0.15, 0.2) is 18.2 Å². The van der Waals surface area contributed by atoms with Crippen molar-refractivity contribution >= 4 is 0 Å². The van der Waals surface area contributed by atoms with Crippen LogP contribution in [0.1, 0.15) is 24.0 Å². The average Bonchev–Trinajstić information content (AvgIpc) is 2.40. The molecule has 0 aliphatic carbocycles. The molecule has 1 aliphatic heterocycles. The van der Waals surface area contributed by atoms with Crippen molar-refractivity contribution in [2.45, 2.75) is 25.6 Å². The zero-order chi connectivity index (χ0) is 15.5. The monoisotopic (exact) mass is 304 g/mol. The quantitative estimate of drug-likeness (QED) is 0.859. The topological polar surface area (TPSA) is 15.3 Å². The predicted octanol–water partition coefficient (Wildman–Crippen LogP) is 3.28. The molecule has 0 spiro atoms. The Balaban J connectivity index is 2.12. The normalized spacial score (nSPS) is 20.7. The van der Waals surface area contributed by atoms with E-state index < -0.39 is 17.6 Å². The number of hydrogen-bond donors (Lipinski definition) is 1. The molecule has 1 saturated heterocycles. The number of hydrogen-bond acceptors (Lipinski definition) is 2. The lowest BCUT2D eigenvalue weighted by Crippen LogP contribution is -2.38. The number of piperidine rings is 1. The van der Waals surface area contributed by atoms with Gasteiger partial charge < -0.3 is 5.32 Å². The van der Waals surface area contributed by atoms with E-state index in [1.54, 1.807) is 0 Å². The fraction of sp³-hybridized carbons (Fsp3) is 0.600. The zero-order valence-electron chi connectivity index (χ0n) is 12.0. The highest BCUT2D eigenvalue weighted by atomic mass is 19.4. The summed E-state index contributed by atoms with van der Waals surface area (Å²) in [5, 5.41) is 3.11. The first-order valence-corrected chi connectivity index (χ1v) is 7.12. The first-order valence-electron chi connectivity index (χ1n) is 7.12. The van der Waals surface area contributed by atoms with Crippen LogP contribution in [0.25, 0.3) is 0 Å². The lowest BCUT2D eigenvalue weighted by atomic mass is 9.97. The van der Waals surface area contributed by atoms with Crippen LogP contribution >= 0.6 is 0 Å². The van der Waals surface area contributed by atoms with E-state index in [0.717, 1.165) is 38.5 Å². The molecule has 118 valence electrons. The summed E-state index contributed by atoms with van der Waals surface area (Å²) in [5.41, 5.74) is -0.716. The molecule has 1 unspecified atom stereocenters.